The Morgan fingerprint density at radius 2 is 1.50 bits per heavy atom. The van der Waals surface area contributed by atoms with Crippen LogP contribution >= 0.6 is 0 Å². The molecule has 0 heterocycles. The van der Waals surface area contributed by atoms with Crippen LogP contribution in [0, 0.1) is 11.8 Å². The average Bonchev–Trinajstić information content (AvgIpc) is 3.25. The van der Waals surface area contributed by atoms with E-state index in [9.17, 15) is 0 Å². The molecule has 2 aliphatic rings. The summed E-state index contributed by atoms with van der Waals surface area (Å²) < 4.78 is 0. The zero-order chi connectivity index (χ0) is 14.2. The normalized spacial score (nSPS) is 19.6. The third-order valence-electron chi connectivity index (χ3n) is 4.74. The molecule has 110 valence electrons. The number of nitrogens with zero attached hydrogens (tertiary/aromatic N) is 1. The molecule has 0 amide bonds. The zero-order valence-corrected chi connectivity index (χ0v) is 12.9. The Hall–Kier alpha value is -1.02. The quantitative estimate of drug-likeness (QED) is 0.767. The van der Waals surface area contributed by atoms with Crippen LogP contribution in [0.25, 0.3) is 0 Å². The largest absolute Gasteiger partial charge is 0.399 e. The molecule has 0 atom stereocenters. The van der Waals surface area contributed by atoms with Crippen LogP contribution in [0.1, 0.15) is 45.1 Å². The average molecular weight is 272 g/mol. The van der Waals surface area contributed by atoms with Crippen molar-refractivity contribution in [2.75, 3.05) is 25.4 Å². The van der Waals surface area contributed by atoms with Crippen molar-refractivity contribution in [1.82, 2.24) is 4.90 Å². The highest BCUT2D eigenvalue weighted by Crippen LogP contribution is 2.35. The summed E-state index contributed by atoms with van der Waals surface area (Å²) in [4.78, 5) is 2.73. The second kappa shape index (κ2) is 5.40. The number of nitrogens with two attached hydrogens (primary N) is 1. The molecule has 2 saturated carbocycles. The summed E-state index contributed by atoms with van der Waals surface area (Å²) in [6.07, 6.45) is 5.79. The van der Waals surface area contributed by atoms with Crippen LogP contribution in [-0.4, -0.2) is 24.5 Å². The lowest BCUT2D eigenvalue weighted by molar-refractivity contribution is 0.207. The molecular weight excluding hydrogens is 244 g/mol. The third kappa shape index (κ3) is 3.76. The van der Waals surface area contributed by atoms with Gasteiger partial charge in [-0.25, -0.2) is 0 Å². The predicted octanol–water partition coefficient (Wildman–Crippen LogP) is 3.67. The molecule has 20 heavy (non-hydrogen) atoms. The van der Waals surface area contributed by atoms with Crippen molar-refractivity contribution in [2.45, 2.75) is 44.9 Å². The molecule has 0 radical (unpaired) electrons. The number of anilines is 1. The molecule has 3 rings (SSSR count). The van der Waals surface area contributed by atoms with E-state index in [-0.39, 0.29) is 5.41 Å². The van der Waals surface area contributed by atoms with Gasteiger partial charge in [-0.3, -0.25) is 0 Å². The van der Waals surface area contributed by atoms with Gasteiger partial charge in [-0.1, -0.05) is 26.0 Å². The topological polar surface area (TPSA) is 29.3 Å². The van der Waals surface area contributed by atoms with E-state index in [4.69, 9.17) is 5.73 Å². The van der Waals surface area contributed by atoms with Gasteiger partial charge >= 0.3 is 0 Å². The minimum Gasteiger partial charge on any atom is -0.399 e. The van der Waals surface area contributed by atoms with Crippen molar-refractivity contribution in [3.05, 3.63) is 29.8 Å². The van der Waals surface area contributed by atoms with E-state index in [1.54, 1.807) is 0 Å². The minimum atomic E-state index is 0.206. The number of benzene rings is 1. The molecule has 0 bridgehead atoms. The second-order valence-electron chi connectivity index (χ2n) is 7.59. The molecule has 1 aromatic carbocycles. The molecule has 2 nitrogen and oxygen atoms in total. The number of hydrogen-bond donors (Lipinski definition) is 1. The highest BCUT2D eigenvalue weighted by atomic mass is 15.1. The summed E-state index contributed by atoms with van der Waals surface area (Å²) in [6, 6.07) is 8.45. The third-order valence-corrected chi connectivity index (χ3v) is 4.74. The van der Waals surface area contributed by atoms with E-state index in [1.165, 1.54) is 50.9 Å². The van der Waals surface area contributed by atoms with E-state index >= 15 is 0 Å². The fourth-order valence-corrected chi connectivity index (χ4v) is 3.12. The molecule has 2 fully saturated rings. The van der Waals surface area contributed by atoms with Crippen LogP contribution in [0.15, 0.2) is 24.3 Å². The Morgan fingerprint density at radius 1 is 1.00 bits per heavy atom. The van der Waals surface area contributed by atoms with Gasteiger partial charge in [0.05, 0.1) is 0 Å². The van der Waals surface area contributed by atoms with Crippen molar-refractivity contribution in [2.24, 2.45) is 11.8 Å². The smallest absolute Gasteiger partial charge is 0.0314 e. The molecule has 0 spiro atoms. The first-order chi connectivity index (χ1) is 9.53. The number of nitrogen functional groups attached to an aromatic ring is 1. The second-order valence-corrected chi connectivity index (χ2v) is 7.59. The summed E-state index contributed by atoms with van der Waals surface area (Å²) in [5.41, 5.74) is 8.28. The van der Waals surface area contributed by atoms with E-state index < -0.39 is 0 Å². The summed E-state index contributed by atoms with van der Waals surface area (Å²) in [5.74, 6) is 1.96. The maximum absolute atomic E-state index is 5.81. The van der Waals surface area contributed by atoms with Gasteiger partial charge < -0.3 is 10.6 Å². The van der Waals surface area contributed by atoms with Gasteiger partial charge in [0.2, 0.25) is 0 Å². The Labute approximate surface area is 123 Å². The molecule has 2 N–H and O–H groups in total. The minimum absolute atomic E-state index is 0.206. The monoisotopic (exact) mass is 272 g/mol. The first-order valence-electron chi connectivity index (χ1n) is 8.11. The zero-order valence-electron chi connectivity index (χ0n) is 12.9. The van der Waals surface area contributed by atoms with E-state index in [1.807, 2.05) is 12.1 Å². The van der Waals surface area contributed by atoms with Gasteiger partial charge in [0.15, 0.2) is 0 Å². The lowest BCUT2D eigenvalue weighted by Crippen LogP contribution is -2.39. The van der Waals surface area contributed by atoms with Crippen LogP contribution in [-0.2, 0) is 5.41 Å². The molecule has 0 saturated heterocycles. The molecule has 0 unspecified atom stereocenters. The fraction of sp³-hybridized carbons (Fsp3) is 0.667. The molecule has 2 aliphatic carbocycles. The van der Waals surface area contributed by atoms with Crippen molar-refractivity contribution in [3.8, 4) is 0 Å². The predicted molar refractivity (Wildman–Crippen MR) is 85.8 cm³/mol. The van der Waals surface area contributed by atoms with Gasteiger partial charge in [0.1, 0.15) is 0 Å². The maximum Gasteiger partial charge on any atom is 0.0314 e. The van der Waals surface area contributed by atoms with Crippen LogP contribution in [0.5, 0.6) is 0 Å². The summed E-state index contributed by atoms with van der Waals surface area (Å²) >= 11 is 0. The van der Waals surface area contributed by atoms with Crippen LogP contribution < -0.4 is 5.73 Å². The molecule has 0 aromatic heterocycles. The van der Waals surface area contributed by atoms with Crippen molar-refractivity contribution in [3.63, 3.8) is 0 Å². The van der Waals surface area contributed by atoms with Gasteiger partial charge in [-0.05, 0) is 55.2 Å². The first kappa shape index (κ1) is 13.9. The Bertz CT molecular complexity index is 427. The Kier molecular flexibility index (Phi) is 3.76. The highest BCUT2D eigenvalue weighted by Gasteiger charge is 2.32. The molecule has 0 aliphatic heterocycles. The van der Waals surface area contributed by atoms with Gasteiger partial charge in [0.25, 0.3) is 0 Å². The van der Waals surface area contributed by atoms with Crippen molar-refractivity contribution < 1.29 is 0 Å². The van der Waals surface area contributed by atoms with Crippen LogP contribution in [0.2, 0.25) is 0 Å². The number of hydrogen-bond acceptors (Lipinski definition) is 2. The number of rotatable bonds is 7. The highest BCUT2D eigenvalue weighted by molar-refractivity contribution is 5.41. The van der Waals surface area contributed by atoms with Crippen LogP contribution in [0.3, 0.4) is 0 Å². The van der Waals surface area contributed by atoms with Gasteiger partial charge in [-0.2, -0.15) is 0 Å². The van der Waals surface area contributed by atoms with Crippen LogP contribution in [0.4, 0.5) is 5.69 Å². The Balaban J connectivity index is 1.65. The van der Waals surface area contributed by atoms with E-state index in [2.05, 4.69) is 30.9 Å². The van der Waals surface area contributed by atoms with Crippen molar-refractivity contribution in [1.29, 1.82) is 0 Å². The summed E-state index contributed by atoms with van der Waals surface area (Å²) in [7, 11) is 0. The summed E-state index contributed by atoms with van der Waals surface area (Å²) in [5, 5.41) is 0. The first-order valence-corrected chi connectivity index (χ1v) is 8.11. The molecular formula is C18H28N2. The fourth-order valence-electron chi connectivity index (χ4n) is 3.12. The summed E-state index contributed by atoms with van der Waals surface area (Å²) in [6.45, 7) is 8.53. The maximum atomic E-state index is 5.81. The van der Waals surface area contributed by atoms with E-state index in [0.29, 0.717) is 0 Å². The lowest BCUT2D eigenvalue weighted by Gasteiger charge is -2.33. The van der Waals surface area contributed by atoms with Crippen molar-refractivity contribution >= 4 is 5.69 Å². The SMILES string of the molecule is CC(C)(CN(CC1CC1)CC1CC1)c1ccc(N)cc1. The molecule has 2 heteroatoms. The van der Waals surface area contributed by atoms with Gasteiger partial charge in [-0.15, -0.1) is 0 Å². The van der Waals surface area contributed by atoms with E-state index in [0.717, 1.165) is 17.5 Å². The lowest BCUT2D eigenvalue weighted by atomic mass is 9.84. The molecule has 1 aromatic rings. The standard InChI is InChI=1S/C18H28N2/c1-18(2,16-7-9-17(19)10-8-16)13-20(11-14-3-4-14)12-15-5-6-15/h7-10,14-15H,3-6,11-13,19H2,1-2H3. The van der Waals surface area contributed by atoms with Gasteiger partial charge in [0, 0.05) is 30.7 Å². The Morgan fingerprint density at radius 3 is 1.95 bits per heavy atom.